The molecule has 1 unspecified atom stereocenters. The van der Waals surface area contributed by atoms with E-state index in [0.717, 1.165) is 10.5 Å². The zero-order valence-electron chi connectivity index (χ0n) is 34.2. The molecular formula is C45H66GeNPS-. The number of hydrogen-bond acceptors (Lipinski definition) is 2. The Labute approximate surface area is 312 Å². The van der Waals surface area contributed by atoms with Gasteiger partial charge in [-0.25, -0.2) is 0 Å². The van der Waals surface area contributed by atoms with Crippen LogP contribution in [-0.2, 0) is 16.2 Å². The van der Waals surface area contributed by atoms with Crippen LogP contribution in [0.5, 0.6) is 0 Å². The summed E-state index contributed by atoms with van der Waals surface area (Å²) in [4.78, 5) is 6.49. The Kier molecular flexibility index (Phi) is 13.5. The zero-order chi connectivity index (χ0) is 37.4. The first-order chi connectivity index (χ1) is 22.2. The minimum atomic E-state index is -2.27. The fourth-order valence-corrected chi connectivity index (χ4v) is 21.8. The van der Waals surface area contributed by atoms with Crippen molar-refractivity contribution in [3.63, 3.8) is 0 Å². The SMILES string of the molecule is [C-]P(C(=Nc1ccccc1)[S][Ge]([c]1c(C(C)C)cc(C(C)C)cc1C(C)C)[C](C)(C)C)c1c(C(C)(C)C)cc(C(C)(C)C)cc1C(C)(C)C. The Morgan fingerprint density at radius 3 is 1.45 bits per heavy atom. The average Bonchev–Trinajstić information content (AvgIpc) is 2.95. The van der Waals surface area contributed by atoms with Crippen LogP contribution in [0.2, 0.25) is 4.25 Å². The van der Waals surface area contributed by atoms with E-state index in [-0.39, 0.29) is 20.5 Å². The van der Waals surface area contributed by atoms with E-state index in [1.807, 2.05) is 10.1 Å². The molecule has 0 amide bonds. The Hall–Kier alpha value is -1.35. The van der Waals surface area contributed by atoms with Gasteiger partial charge in [0.15, 0.2) is 0 Å². The molecule has 3 radical (unpaired) electrons. The standard InChI is InChI=1S/C45H66GeNPS/c1-29(2)32-25-35(30(3)4)39(36(26-32)31(5)6)46(45(16,17)18)49-41(47-34-23-21-20-22-24-34)48(19)40-37(43(10,11)12)27-33(42(7,8)9)28-38(40)44(13,14)15/h20-31H,1-18H3/q-1. The number of nitrogens with zero attached hydrogens (tertiary/aromatic N) is 1. The fraction of sp³-hybridized carbons (Fsp3) is 0.556. The van der Waals surface area contributed by atoms with Gasteiger partial charge >= 0.3 is 314 Å². The van der Waals surface area contributed by atoms with Gasteiger partial charge in [-0.15, -0.1) is 0 Å². The Morgan fingerprint density at radius 1 is 0.653 bits per heavy atom. The van der Waals surface area contributed by atoms with Gasteiger partial charge in [-0.3, -0.25) is 0 Å². The topological polar surface area (TPSA) is 12.4 Å². The van der Waals surface area contributed by atoms with E-state index in [2.05, 4.69) is 179 Å². The summed E-state index contributed by atoms with van der Waals surface area (Å²) in [5.41, 5.74) is 9.14. The third-order valence-electron chi connectivity index (χ3n) is 9.22. The Balaban J connectivity index is 2.48. The molecular weight excluding hydrogens is 690 g/mol. The average molecular weight is 757 g/mol. The van der Waals surface area contributed by atoms with Crippen molar-refractivity contribution in [2.24, 2.45) is 4.99 Å². The predicted molar refractivity (Wildman–Crippen MR) is 227 cm³/mol. The fourth-order valence-electron chi connectivity index (χ4n) is 6.17. The van der Waals surface area contributed by atoms with Crippen LogP contribution >= 0.6 is 18.0 Å². The predicted octanol–water partition coefficient (Wildman–Crippen LogP) is 13.7. The van der Waals surface area contributed by atoms with Crippen molar-refractivity contribution in [2.75, 3.05) is 0 Å². The van der Waals surface area contributed by atoms with Gasteiger partial charge in [-0.1, -0.05) is 0 Å². The number of para-hydroxylation sites is 1. The molecule has 0 aliphatic carbocycles. The third-order valence-corrected chi connectivity index (χ3v) is 24.8. The first-order valence-electron chi connectivity index (χ1n) is 18.3. The van der Waals surface area contributed by atoms with Gasteiger partial charge in [0.2, 0.25) is 0 Å². The van der Waals surface area contributed by atoms with E-state index in [1.54, 1.807) is 4.40 Å². The van der Waals surface area contributed by atoms with Crippen molar-refractivity contribution in [1.29, 1.82) is 0 Å². The third kappa shape index (κ3) is 10.4. The van der Waals surface area contributed by atoms with Gasteiger partial charge in [0.05, 0.1) is 0 Å². The molecule has 0 heterocycles. The second-order valence-electron chi connectivity index (χ2n) is 19.0. The van der Waals surface area contributed by atoms with Crippen LogP contribution in [0.1, 0.15) is 176 Å². The second-order valence-corrected chi connectivity index (χ2v) is 30.4. The van der Waals surface area contributed by atoms with Gasteiger partial charge in [0, 0.05) is 0 Å². The van der Waals surface area contributed by atoms with Crippen molar-refractivity contribution in [2.45, 2.75) is 163 Å². The number of rotatable bonds is 8. The van der Waals surface area contributed by atoms with E-state index >= 15 is 0 Å². The van der Waals surface area contributed by atoms with Crippen LogP contribution in [0, 0.1) is 6.66 Å². The van der Waals surface area contributed by atoms with E-state index in [0.29, 0.717) is 17.8 Å². The summed E-state index contributed by atoms with van der Waals surface area (Å²) in [6.07, 6.45) is 0. The monoisotopic (exact) mass is 757 g/mol. The summed E-state index contributed by atoms with van der Waals surface area (Å²) in [5, 5.41) is 1.21. The maximum absolute atomic E-state index is 10.5. The molecule has 0 fully saturated rings. The molecule has 1 nitrogen and oxygen atoms in total. The molecule has 49 heavy (non-hydrogen) atoms. The maximum atomic E-state index is 10.5. The van der Waals surface area contributed by atoms with Gasteiger partial charge in [-0.05, 0) is 0 Å². The molecule has 0 aliphatic heterocycles. The first kappa shape index (κ1) is 42.1. The molecule has 0 N–H and O–H groups in total. The molecule has 3 aromatic carbocycles. The second kappa shape index (κ2) is 15.7. The van der Waals surface area contributed by atoms with Crippen LogP contribution < -0.4 is 9.70 Å². The molecule has 3 rings (SSSR count). The molecule has 267 valence electrons. The van der Waals surface area contributed by atoms with Gasteiger partial charge in [0.25, 0.3) is 0 Å². The summed E-state index contributed by atoms with van der Waals surface area (Å²) >= 11 is -2.27. The van der Waals surface area contributed by atoms with Gasteiger partial charge in [0.1, 0.15) is 0 Å². The quantitative estimate of drug-likeness (QED) is 0.0733. The van der Waals surface area contributed by atoms with E-state index in [1.165, 1.54) is 38.7 Å². The van der Waals surface area contributed by atoms with E-state index in [9.17, 15) is 6.66 Å². The number of aliphatic imine (C=N–C) groups is 1. The van der Waals surface area contributed by atoms with Gasteiger partial charge in [-0.2, -0.15) is 0 Å². The van der Waals surface area contributed by atoms with Crippen molar-refractivity contribution >= 4 is 51.4 Å². The Morgan fingerprint density at radius 2 is 1.10 bits per heavy atom. The van der Waals surface area contributed by atoms with E-state index < -0.39 is 21.1 Å². The molecule has 0 saturated carbocycles. The minimum absolute atomic E-state index is 0.00723. The molecule has 3 aromatic rings. The molecule has 1 atom stereocenters. The van der Waals surface area contributed by atoms with Crippen molar-refractivity contribution in [3.05, 3.63) is 94.6 Å². The molecule has 0 aliphatic rings. The van der Waals surface area contributed by atoms with Crippen LogP contribution in [-0.4, -0.2) is 18.0 Å². The van der Waals surface area contributed by atoms with Crippen molar-refractivity contribution in [3.8, 4) is 0 Å². The van der Waals surface area contributed by atoms with E-state index in [4.69, 9.17) is 4.99 Å². The zero-order valence-corrected chi connectivity index (χ0v) is 38.0. The van der Waals surface area contributed by atoms with Crippen molar-refractivity contribution < 1.29 is 0 Å². The molecule has 0 bridgehead atoms. The van der Waals surface area contributed by atoms with Gasteiger partial charge < -0.3 is 0 Å². The summed E-state index contributed by atoms with van der Waals surface area (Å²) in [6.45, 7) is 52.8. The molecule has 4 heteroatoms. The molecule has 0 aromatic heterocycles. The van der Waals surface area contributed by atoms with Crippen molar-refractivity contribution in [1.82, 2.24) is 0 Å². The summed E-state index contributed by atoms with van der Waals surface area (Å²) in [7, 11) is 0.518. The number of benzene rings is 3. The normalized spacial score (nSPS) is 14.5. The van der Waals surface area contributed by atoms with Crippen LogP contribution in [0.25, 0.3) is 0 Å². The summed E-state index contributed by atoms with van der Waals surface area (Å²) in [6, 6.07) is 20.3. The molecule has 0 saturated heterocycles. The summed E-state index contributed by atoms with van der Waals surface area (Å²) < 4.78 is 1.70. The molecule has 0 spiro atoms. The summed E-state index contributed by atoms with van der Waals surface area (Å²) in [5.74, 6) is 1.33. The van der Waals surface area contributed by atoms with Crippen LogP contribution in [0.3, 0.4) is 0 Å². The Bertz CT molecular complexity index is 1540. The number of hydrogen-bond donors (Lipinski definition) is 0. The van der Waals surface area contributed by atoms with Crippen LogP contribution in [0.4, 0.5) is 5.69 Å². The van der Waals surface area contributed by atoms with Crippen LogP contribution in [0.15, 0.2) is 59.6 Å². The first-order valence-corrected chi connectivity index (χ1v) is 25.2.